The van der Waals surface area contributed by atoms with Crippen LogP contribution in [-0.2, 0) is 36.2 Å². The third kappa shape index (κ3) is 8.92. The van der Waals surface area contributed by atoms with Gasteiger partial charge in [0, 0.05) is 34.5 Å². The van der Waals surface area contributed by atoms with E-state index in [9.17, 15) is 19.2 Å². The van der Waals surface area contributed by atoms with E-state index in [4.69, 9.17) is 32.7 Å². The van der Waals surface area contributed by atoms with Crippen molar-refractivity contribution in [2.45, 2.75) is 43.4 Å². The number of esters is 1. The van der Waals surface area contributed by atoms with Gasteiger partial charge in [-0.3, -0.25) is 9.59 Å². The molecular formula is C32H31Cl2F2N3O6. The Morgan fingerprint density at radius 2 is 1.67 bits per heavy atom. The molecule has 3 aromatic carbocycles. The van der Waals surface area contributed by atoms with Gasteiger partial charge in [-0.15, -0.1) is 0 Å². The molecule has 1 saturated heterocycles. The first-order valence-corrected chi connectivity index (χ1v) is 14.8. The molecule has 0 saturated carbocycles. The Morgan fingerprint density at radius 1 is 0.956 bits per heavy atom. The van der Waals surface area contributed by atoms with Crippen molar-refractivity contribution in [3.05, 3.63) is 106 Å². The molecule has 3 aromatic rings. The highest BCUT2D eigenvalue weighted by molar-refractivity contribution is 6.30. The molecule has 1 unspecified atom stereocenters. The van der Waals surface area contributed by atoms with E-state index in [2.05, 4.69) is 16.0 Å². The Hall–Kier alpha value is -4.22. The van der Waals surface area contributed by atoms with Crippen LogP contribution in [0.25, 0.3) is 0 Å². The highest BCUT2D eigenvalue weighted by atomic mass is 35.5. The first-order chi connectivity index (χ1) is 21.5. The van der Waals surface area contributed by atoms with Crippen molar-refractivity contribution >= 4 is 47.1 Å². The lowest BCUT2D eigenvalue weighted by atomic mass is 9.97. The monoisotopic (exact) mass is 661 g/mol. The average Bonchev–Trinajstić information content (AvgIpc) is 3.43. The summed E-state index contributed by atoms with van der Waals surface area (Å²) >= 11 is 12.0. The third-order valence-corrected chi connectivity index (χ3v) is 7.80. The number of carbonyl (C=O) groups is 4. The molecule has 0 radical (unpaired) electrons. The first kappa shape index (κ1) is 33.7. The minimum absolute atomic E-state index is 0.00285. The number of benzene rings is 3. The van der Waals surface area contributed by atoms with Crippen molar-refractivity contribution in [1.82, 2.24) is 16.0 Å². The normalized spacial score (nSPS) is 16.6. The summed E-state index contributed by atoms with van der Waals surface area (Å²) in [4.78, 5) is 51.6. The van der Waals surface area contributed by atoms with Crippen LogP contribution in [0, 0.1) is 5.92 Å². The molecule has 1 fully saturated rings. The molecule has 9 nitrogen and oxygen atoms in total. The second-order valence-electron chi connectivity index (χ2n) is 10.5. The molecule has 0 aromatic heterocycles. The number of hydrogen-bond acceptors (Lipinski definition) is 6. The van der Waals surface area contributed by atoms with Crippen LogP contribution in [0.5, 0.6) is 0 Å². The molecule has 0 aliphatic carbocycles. The second kappa shape index (κ2) is 15.2. The molecule has 4 atom stereocenters. The number of alkyl halides is 2. The summed E-state index contributed by atoms with van der Waals surface area (Å²) in [6, 6.07) is 16.3. The van der Waals surface area contributed by atoms with Crippen LogP contribution >= 0.6 is 23.2 Å². The van der Waals surface area contributed by atoms with Crippen molar-refractivity contribution in [3.8, 4) is 0 Å². The smallest absolute Gasteiger partial charge is 0.408 e. The molecule has 3 amide bonds. The number of rotatable bonds is 12. The number of carbonyl (C=O) groups excluding carboxylic acids is 4. The number of ether oxygens (including phenoxy) is 2. The van der Waals surface area contributed by atoms with Gasteiger partial charge in [-0.1, -0.05) is 77.8 Å². The summed E-state index contributed by atoms with van der Waals surface area (Å²) in [5.41, 5.74) is 0.0782. The van der Waals surface area contributed by atoms with Gasteiger partial charge in [0.1, 0.15) is 12.1 Å². The standard InChI is InChI=1S/C32H31Cl2F2N3O6/c1-44-30(42)26(17-21-14-15-37-28(21)40)38-29(41)25(16-19-10-12-23(33)13-11-19)39-31(43)45-27(20-6-3-2-4-7-20)32(35,36)22-8-5-9-24(34)18-22/h2-13,18,21,25-27H,14-17H2,1H3,(H,37,40)(H,38,41)(H,39,43)/t21-,25-,26-,27?/m0/s1. The summed E-state index contributed by atoms with van der Waals surface area (Å²) in [6.45, 7) is 0.431. The maximum Gasteiger partial charge on any atom is 0.408 e. The number of amides is 3. The third-order valence-electron chi connectivity index (χ3n) is 7.31. The maximum atomic E-state index is 15.9. The lowest BCUT2D eigenvalue weighted by Crippen LogP contribution is -2.53. The number of halogens is 4. The molecule has 1 heterocycles. The summed E-state index contributed by atoms with van der Waals surface area (Å²) in [6.07, 6.45) is -3.10. The van der Waals surface area contributed by atoms with Crippen LogP contribution in [0.1, 0.15) is 35.6 Å². The quantitative estimate of drug-likeness (QED) is 0.225. The van der Waals surface area contributed by atoms with Crippen LogP contribution in [0.2, 0.25) is 10.0 Å². The summed E-state index contributed by atoms with van der Waals surface area (Å²) < 4.78 is 42.0. The number of alkyl carbamates (subject to hydrolysis) is 1. The SMILES string of the molecule is COC(=O)[C@H](C[C@@H]1CCNC1=O)NC(=O)[C@H](Cc1ccc(Cl)cc1)NC(=O)OC(c1ccccc1)C(F)(F)c1cccc(Cl)c1. The van der Waals surface area contributed by atoms with Gasteiger partial charge in [-0.25, -0.2) is 9.59 Å². The van der Waals surface area contributed by atoms with E-state index in [1.807, 2.05) is 0 Å². The largest absolute Gasteiger partial charge is 0.467 e. The van der Waals surface area contributed by atoms with E-state index in [1.165, 1.54) is 36.4 Å². The molecule has 238 valence electrons. The Labute approximate surface area is 268 Å². The van der Waals surface area contributed by atoms with Gasteiger partial charge in [0.25, 0.3) is 0 Å². The fourth-order valence-electron chi connectivity index (χ4n) is 4.96. The van der Waals surface area contributed by atoms with Gasteiger partial charge in [-0.05, 0) is 48.2 Å². The van der Waals surface area contributed by atoms with Crippen molar-refractivity contribution in [1.29, 1.82) is 0 Å². The highest BCUT2D eigenvalue weighted by Crippen LogP contribution is 2.43. The minimum Gasteiger partial charge on any atom is -0.467 e. The molecular weight excluding hydrogens is 631 g/mol. The van der Waals surface area contributed by atoms with E-state index in [-0.39, 0.29) is 29.3 Å². The average molecular weight is 663 g/mol. The Kier molecular flexibility index (Phi) is 11.4. The molecule has 4 rings (SSSR count). The second-order valence-corrected chi connectivity index (χ2v) is 11.3. The summed E-state index contributed by atoms with van der Waals surface area (Å²) in [5.74, 6) is -6.14. The van der Waals surface area contributed by atoms with Gasteiger partial charge >= 0.3 is 18.0 Å². The summed E-state index contributed by atoms with van der Waals surface area (Å²) in [5, 5.41) is 8.10. The zero-order chi connectivity index (χ0) is 32.6. The molecule has 1 aliphatic heterocycles. The predicted molar refractivity (Wildman–Crippen MR) is 163 cm³/mol. The van der Waals surface area contributed by atoms with E-state index in [0.717, 1.165) is 19.2 Å². The fraction of sp³-hybridized carbons (Fsp3) is 0.312. The van der Waals surface area contributed by atoms with Gasteiger partial charge in [-0.2, -0.15) is 8.78 Å². The lowest BCUT2D eigenvalue weighted by Gasteiger charge is -2.29. The maximum absolute atomic E-state index is 15.9. The van der Waals surface area contributed by atoms with Crippen molar-refractivity contribution in [3.63, 3.8) is 0 Å². The van der Waals surface area contributed by atoms with Gasteiger partial charge in [0.05, 0.1) is 7.11 Å². The van der Waals surface area contributed by atoms with Crippen LogP contribution in [0.4, 0.5) is 13.6 Å². The first-order valence-electron chi connectivity index (χ1n) is 14.0. The predicted octanol–water partition coefficient (Wildman–Crippen LogP) is 5.35. The fourth-order valence-corrected chi connectivity index (χ4v) is 5.27. The number of hydrogen-bond donors (Lipinski definition) is 3. The molecule has 45 heavy (non-hydrogen) atoms. The van der Waals surface area contributed by atoms with Crippen molar-refractivity contribution in [2.75, 3.05) is 13.7 Å². The Morgan fingerprint density at radius 3 is 2.29 bits per heavy atom. The van der Waals surface area contributed by atoms with E-state index in [0.29, 0.717) is 23.6 Å². The molecule has 1 aliphatic rings. The molecule has 3 N–H and O–H groups in total. The highest BCUT2D eigenvalue weighted by Gasteiger charge is 2.46. The molecule has 13 heteroatoms. The van der Waals surface area contributed by atoms with E-state index in [1.54, 1.807) is 30.3 Å². The van der Waals surface area contributed by atoms with E-state index >= 15 is 8.78 Å². The van der Waals surface area contributed by atoms with Crippen molar-refractivity contribution in [2.24, 2.45) is 5.92 Å². The van der Waals surface area contributed by atoms with Gasteiger partial charge in [0.2, 0.25) is 11.8 Å². The Bertz CT molecular complexity index is 1510. The summed E-state index contributed by atoms with van der Waals surface area (Å²) in [7, 11) is 1.14. The van der Waals surface area contributed by atoms with Gasteiger partial charge < -0.3 is 25.4 Å². The topological polar surface area (TPSA) is 123 Å². The van der Waals surface area contributed by atoms with Crippen LogP contribution in [0.15, 0.2) is 78.9 Å². The molecule has 0 spiro atoms. The Balaban J connectivity index is 1.59. The van der Waals surface area contributed by atoms with Crippen LogP contribution in [0.3, 0.4) is 0 Å². The minimum atomic E-state index is -3.73. The number of nitrogens with one attached hydrogen (secondary N) is 3. The zero-order valence-electron chi connectivity index (χ0n) is 24.1. The van der Waals surface area contributed by atoms with Gasteiger partial charge in [0.15, 0.2) is 6.10 Å². The van der Waals surface area contributed by atoms with Crippen molar-refractivity contribution < 1.29 is 37.4 Å². The lowest BCUT2D eigenvalue weighted by molar-refractivity contribution is -0.146. The van der Waals surface area contributed by atoms with Crippen LogP contribution in [-0.4, -0.2) is 49.6 Å². The number of methoxy groups -OCH3 is 1. The van der Waals surface area contributed by atoms with E-state index < -0.39 is 53.6 Å². The molecule has 0 bridgehead atoms. The zero-order valence-corrected chi connectivity index (χ0v) is 25.6. The van der Waals surface area contributed by atoms with Crippen LogP contribution < -0.4 is 16.0 Å².